The van der Waals surface area contributed by atoms with Crippen LogP contribution in [0, 0.1) is 15.5 Å². The fourth-order valence-electron chi connectivity index (χ4n) is 2.21. The Kier molecular flexibility index (Phi) is 3.26. The van der Waals surface area contributed by atoms with E-state index in [9.17, 15) is 10.1 Å². The summed E-state index contributed by atoms with van der Waals surface area (Å²) in [6, 6.07) is 3.15. The molecule has 1 aliphatic rings. The summed E-state index contributed by atoms with van der Waals surface area (Å²) < 4.78 is 0. The molecule has 5 nitrogen and oxygen atoms in total. The van der Waals surface area contributed by atoms with E-state index in [1.807, 2.05) is 0 Å². The van der Waals surface area contributed by atoms with Crippen LogP contribution in [0.1, 0.15) is 32.6 Å². The summed E-state index contributed by atoms with van der Waals surface area (Å²) in [6.45, 7) is 3.12. The van der Waals surface area contributed by atoms with E-state index in [-0.39, 0.29) is 5.69 Å². The second-order valence-electron chi connectivity index (χ2n) is 4.72. The number of pyridine rings is 1. The van der Waals surface area contributed by atoms with Crippen LogP contribution in [0.5, 0.6) is 0 Å². The smallest absolute Gasteiger partial charge is 0.287 e. The first-order valence-electron chi connectivity index (χ1n) is 5.99. The van der Waals surface area contributed by atoms with Gasteiger partial charge in [0.15, 0.2) is 0 Å². The Balaban J connectivity index is 1.93. The Morgan fingerprint density at radius 3 is 2.71 bits per heavy atom. The van der Waals surface area contributed by atoms with Crippen LogP contribution in [0.4, 0.5) is 11.5 Å². The van der Waals surface area contributed by atoms with Crippen LogP contribution in [0.3, 0.4) is 0 Å². The first kappa shape index (κ1) is 11.8. The zero-order valence-corrected chi connectivity index (χ0v) is 9.98. The number of nitrogens with zero attached hydrogens (tertiary/aromatic N) is 2. The molecule has 0 bridgehead atoms. The fraction of sp³-hybridized carbons (Fsp3) is 0.583. The van der Waals surface area contributed by atoms with E-state index in [0.717, 1.165) is 12.4 Å². The summed E-state index contributed by atoms with van der Waals surface area (Å²) in [5.41, 5.74) is 0.452. The Morgan fingerprint density at radius 1 is 1.53 bits per heavy atom. The molecular formula is C12H17N3O2. The van der Waals surface area contributed by atoms with Crippen molar-refractivity contribution >= 4 is 11.5 Å². The van der Waals surface area contributed by atoms with Gasteiger partial charge in [-0.2, -0.15) is 0 Å². The highest BCUT2D eigenvalue weighted by molar-refractivity contribution is 5.40. The molecule has 1 fully saturated rings. The summed E-state index contributed by atoms with van der Waals surface area (Å²) in [5.74, 6) is 0.718. The van der Waals surface area contributed by atoms with Gasteiger partial charge >= 0.3 is 0 Å². The Hall–Kier alpha value is -1.65. The third kappa shape index (κ3) is 2.54. The molecule has 1 saturated carbocycles. The van der Waals surface area contributed by atoms with Crippen molar-refractivity contribution in [3.05, 3.63) is 28.4 Å². The van der Waals surface area contributed by atoms with Crippen molar-refractivity contribution in [3.8, 4) is 0 Å². The number of hydrogen-bond donors (Lipinski definition) is 1. The molecule has 92 valence electrons. The highest BCUT2D eigenvalue weighted by atomic mass is 16.6. The number of anilines is 1. The fourth-order valence-corrected chi connectivity index (χ4v) is 2.21. The molecule has 0 aliphatic heterocycles. The summed E-state index contributed by atoms with van der Waals surface area (Å²) in [4.78, 5) is 14.1. The van der Waals surface area contributed by atoms with Gasteiger partial charge in [0.25, 0.3) is 5.69 Å². The molecule has 17 heavy (non-hydrogen) atoms. The molecule has 1 N–H and O–H groups in total. The van der Waals surface area contributed by atoms with E-state index in [4.69, 9.17) is 0 Å². The topological polar surface area (TPSA) is 68.1 Å². The first-order chi connectivity index (χ1) is 8.15. The summed E-state index contributed by atoms with van der Waals surface area (Å²) >= 11 is 0. The summed E-state index contributed by atoms with van der Waals surface area (Å²) in [5, 5.41) is 13.7. The number of rotatable bonds is 5. The van der Waals surface area contributed by atoms with Gasteiger partial charge in [-0.1, -0.05) is 13.3 Å². The van der Waals surface area contributed by atoms with Crippen LogP contribution in [0.25, 0.3) is 0 Å². The lowest BCUT2D eigenvalue weighted by Gasteiger charge is -2.41. The van der Waals surface area contributed by atoms with Crippen LogP contribution in [-0.4, -0.2) is 16.5 Å². The van der Waals surface area contributed by atoms with Crippen LogP contribution < -0.4 is 5.32 Å². The minimum atomic E-state index is -0.434. The van der Waals surface area contributed by atoms with Crippen molar-refractivity contribution in [2.24, 2.45) is 5.41 Å². The molecule has 0 unspecified atom stereocenters. The lowest BCUT2D eigenvalue weighted by Crippen LogP contribution is -2.36. The second kappa shape index (κ2) is 4.69. The lowest BCUT2D eigenvalue weighted by atomic mass is 9.67. The van der Waals surface area contributed by atoms with Gasteiger partial charge in [-0.3, -0.25) is 10.1 Å². The number of nitro groups is 1. The minimum absolute atomic E-state index is 0.0319. The van der Waals surface area contributed by atoms with Crippen molar-refractivity contribution in [1.82, 2.24) is 4.98 Å². The van der Waals surface area contributed by atoms with Gasteiger partial charge in [-0.15, -0.1) is 0 Å². The van der Waals surface area contributed by atoms with Gasteiger partial charge in [-0.25, -0.2) is 4.98 Å². The Bertz CT molecular complexity index is 393. The molecule has 1 heterocycles. The van der Waals surface area contributed by atoms with Gasteiger partial charge < -0.3 is 5.32 Å². The second-order valence-corrected chi connectivity index (χ2v) is 4.72. The van der Waals surface area contributed by atoms with Gasteiger partial charge in [0.05, 0.1) is 4.92 Å². The zero-order chi connectivity index (χ0) is 12.3. The molecule has 0 spiro atoms. The first-order valence-corrected chi connectivity index (χ1v) is 5.99. The van der Waals surface area contributed by atoms with Crippen LogP contribution in [-0.2, 0) is 0 Å². The normalized spacial score (nSPS) is 17.2. The molecule has 0 atom stereocenters. The standard InChI is InChI=1S/C12H17N3O2/c1-2-12(6-3-7-12)9-14-11-5-4-10(8-13-11)15(16)17/h4-5,8H,2-3,6-7,9H2,1H3,(H,13,14). The minimum Gasteiger partial charge on any atom is -0.370 e. The van der Waals surface area contributed by atoms with E-state index in [0.29, 0.717) is 5.41 Å². The molecule has 5 heteroatoms. The predicted molar refractivity (Wildman–Crippen MR) is 66.0 cm³/mol. The number of nitrogens with one attached hydrogen (secondary N) is 1. The molecule has 1 aromatic rings. The molecule has 0 saturated heterocycles. The van der Waals surface area contributed by atoms with Crippen molar-refractivity contribution in [1.29, 1.82) is 0 Å². The molecule has 2 rings (SSSR count). The maximum Gasteiger partial charge on any atom is 0.287 e. The van der Waals surface area contributed by atoms with Crippen molar-refractivity contribution < 1.29 is 4.92 Å². The van der Waals surface area contributed by atoms with E-state index in [1.165, 1.54) is 37.9 Å². The largest absolute Gasteiger partial charge is 0.370 e. The zero-order valence-electron chi connectivity index (χ0n) is 9.98. The third-order valence-corrected chi connectivity index (χ3v) is 3.77. The maximum atomic E-state index is 10.5. The van der Waals surface area contributed by atoms with Gasteiger partial charge in [-0.05, 0) is 30.7 Å². The molecule has 0 amide bonds. The Morgan fingerprint density at radius 2 is 2.29 bits per heavy atom. The van der Waals surface area contributed by atoms with Crippen molar-refractivity contribution in [2.75, 3.05) is 11.9 Å². The van der Waals surface area contributed by atoms with Crippen LogP contribution >= 0.6 is 0 Å². The van der Waals surface area contributed by atoms with Crippen LogP contribution in [0.2, 0.25) is 0 Å². The van der Waals surface area contributed by atoms with Gasteiger partial charge in [0.2, 0.25) is 0 Å². The van der Waals surface area contributed by atoms with Crippen molar-refractivity contribution in [3.63, 3.8) is 0 Å². The quantitative estimate of drug-likeness (QED) is 0.629. The average molecular weight is 235 g/mol. The maximum absolute atomic E-state index is 10.5. The van der Waals surface area contributed by atoms with Gasteiger partial charge in [0.1, 0.15) is 12.0 Å². The predicted octanol–water partition coefficient (Wildman–Crippen LogP) is 2.98. The highest BCUT2D eigenvalue weighted by Gasteiger charge is 2.34. The van der Waals surface area contributed by atoms with E-state index in [1.54, 1.807) is 6.07 Å². The molecule has 1 aliphatic carbocycles. The van der Waals surface area contributed by atoms with Crippen LogP contribution in [0.15, 0.2) is 18.3 Å². The number of hydrogen-bond acceptors (Lipinski definition) is 4. The molecule has 0 radical (unpaired) electrons. The molecular weight excluding hydrogens is 218 g/mol. The number of aromatic nitrogens is 1. The monoisotopic (exact) mass is 235 g/mol. The van der Waals surface area contributed by atoms with E-state index >= 15 is 0 Å². The lowest BCUT2D eigenvalue weighted by molar-refractivity contribution is -0.385. The Labute approximate surface area is 100 Å². The van der Waals surface area contributed by atoms with Gasteiger partial charge in [0, 0.05) is 12.6 Å². The van der Waals surface area contributed by atoms with Crippen molar-refractivity contribution in [2.45, 2.75) is 32.6 Å². The SMILES string of the molecule is CCC1(CNc2ccc([N+](=O)[O-])cn2)CCC1. The van der Waals surface area contributed by atoms with E-state index < -0.39 is 4.92 Å². The summed E-state index contributed by atoms with van der Waals surface area (Å²) in [6.07, 6.45) is 6.31. The van der Waals surface area contributed by atoms with E-state index in [2.05, 4.69) is 17.2 Å². The summed E-state index contributed by atoms with van der Waals surface area (Å²) in [7, 11) is 0. The average Bonchev–Trinajstić information content (AvgIpc) is 2.29. The highest BCUT2D eigenvalue weighted by Crippen LogP contribution is 2.43. The molecule has 0 aromatic carbocycles. The molecule has 1 aromatic heterocycles. The third-order valence-electron chi connectivity index (χ3n) is 3.77.